The number of halogens is 3. The van der Waals surface area contributed by atoms with Crippen LogP contribution in [0.15, 0.2) is 36.4 Å². The molecular formula is C15H13ClF2O2. The molecule has 0 radical (unpaired) electrons. The van der Waals surface area contributed by atoms with Crippen LogP contribution in [0.1, 0.15) is 24.2 Å². The standard InChI is InChI=1S/C15H13ClF2O2/c1-9(19)12-6-5-11(17)7-14(12)20-8-10-3-2-4-13(18)15(10)16/h2-7,9,19H,8H2,1H3/t9-/m1/s1. The number of hydrogen-bond donors (Lipinski definition) is 1. The van der Waals surface area contributed by atoms with Crippen molar-refractivity contribution >= 4 is 11.6 Å². The maximum absolute atomic E-state index is 13.3. The number of hydrogen-bond acceptors (Lipinski definition) is 2. The molecule has 0 aromatic heterocycles. The van der Waals surface area contributed by atoms with Gasteiger partial charge >= 0.3 is 0 Å². The van der Waals surface area contributed by atoms with Crippen LogP contribution in [0.3, 0.4) is 0 Å². The summed E-state index contributed by atoms with van der Waals surface area (Å²) < 4.78 is 32.0. The van der Waals surface area contributed by atoms with Gasteiger partial charge in [0, 0.05) is 17.2 Å². The number of rotatable bonds is 4. The van der Waals surface area contributed by atoms with Crippen molar-refractivity contribution in [3.63, 3.8) is 0 Å². The topological polar surface area (TPSA) is 29.5 Å². The summed E-state index contributed by atoms with van der Waals surface area (Å²) >= 11 is 5.81. The highest BCUT2D eigenvalue weighted by molar-refractivity contribution is 6.31. The zero-order valence-electron chi connectivity index (χ0n) is 10.7. The largest absolute Gasteiger partial charge is 0.488 e. The lowest BCUT2D eigenvalue weighted by atomic mass is 10.1. The fourth-order valence-electron chi connectivity index (χ4n) is 1.79. The van der Waals surface area contributed by atoms with Crippen LogP contribution in [0.25, 0.3) is 0 Å². The van der Waals surface area contributed by atoms with Gasteiger partial charge in [-0.2, -0.15) is 0 Å². The summed E-state index contributed by atoms with van der Waals surface area (Å²) in [4.78, 5) is 0. The Kier molecular flexibility index (Phi) is 4.57. The lowest BCUT2D eigenvalue weighted by Gasteiger charge is -2.14. The molecule has 0 saturated heterocycles. The van der Waals surface area contributed by atoms with Crippen molar-refractivity contribution in [2.75, 3.05) is 0 Å². The number of ether oxygens (including phenoxy) is 1. The Morgan fingerprint density at radius 3 is 2.70 bits per heavy atom. The summed E-state index contributed by atoms with van der Waals surface area (Å²) in [6.45, 7) is 1.54. The van der Waals surface area contributed by atoms with E-state index in [9.17, 15) is 13.9 Å². The van der Waals surface area contributed by atoms with E-state index in [0.717, 1.165) is 0 Å². The monoisotopic (exact) mass is 298 g/mol. The van der Waals surface area contributed by atoms with Crippen LogP contribution >= 0.6 is 11.6 Å². The molecule has 2 rings (SSSR count). The third-order valence-corrected chi connectivity index (χ3v) is 3.26. The normalized spacial score (nSPS) is 12.2. The fraction of sp³-hybridized carbons (Fsp3) is 0.200. The van der Waals surface area contributed by atoms with Crippen LogP contribution in [0.2, 0.25) is 5.02 Å². The highest BCUT2D eigenvalue weighted by Gasteiger charge is 2.12. The van der Waals surface area contributed by atoms with Crippen molar-refractivity contribution in [3.8, 4) is 5.75 Å². The van der Waals surface area contributed by atoms with E-state index in [1.807, 2.05) is 0 Å². The molecule has 0 spiro atoms. The van der Waals surface area contributed by atoms with Crippen molar-refractivity contribution in [1.82, 2.24) is 0 Å². The number of benzene rings is 2. The zero-order chi connectivity index (χ0) is 14.7. The Labute approximate surface area is 120 Å². The van der Waals surface area contributed by atoms with Crippen molar-refractivity contribution in [2.45, 2.75) is 19.6 Å². The quantitative estimate of drug-likeness (QED) is 0.914. The molecule has 2 aromatic rings. The van der Waals surface area contributed by atoms with Gasteiger partial charge in [0.2, 0.25) is 0 Å². The van der Waals surface area contributed by atoms with E-state index in [1.54, 1.807) is 13.0 Å². The molecule has 0 bridgehead atoms. The molecule has 2 aromatic carbocycles. The molecule has 0 amide bonds. The van der Waals surface area contributed by atoms with E-state index in [0.29, 0.717) is 11.1 Å². The molecule has 20 heavy (non-hydrogen) atoms. The Morgan fingerprint density at radius 2 is 2.00 bits per heavy atom. The highest BCUT2D eigenvalue weighted by atomic mass is 35.5. The second-order valence-electron chi connectivity index (χ2n) is 4.36. The zero-order valence-corrected chi connectivity index (χ0v) is 11.5. The van der Waals surface area contributed by atoms with Gasteiger partial charge in [-0.15, -0.1) is 0 Å². The minimum atomic E-state index is -0.798. The van der Waals surface area contributed by atoms with Crippen molar-refractivity contribution in [2.24, 2.45) is 0 Å². The van der Waals surface area contributed by atoms with Crippen LogP contribution in [0, 0.1) is 11.6 Å². The minimum Gasteiger partial charge on any atom is -0.488 e. The fourth-order valence-corrected chi connectivity index (χ4v) is 1.97. The molecule has 106 valence electrons. The maximum Gasteiger partial charge on any atom is 0.142 e. The Bertz CT molecular complexity index is 615. The smallest absolute Gasteiger partial charge is 0.142 e. The van der Waals surface area contributed by atoms with Crippen molar-refractivity contribution < 1.29 is 18.6 Å². The molecule has 0 heterocycles. The molecular weight excluding hydrogens is 286 g/mol. The summed E-state index contributed by atoms with van der Waals surface area (Å²) in [5.74, 6) is -0.808. The summed E-state index contributed by atoms with van der Waals surface area (Å²) in [7, 11) is 0. The first-order valence-corrected chi connectivity index (χ1v) is 6.40. The van der Waals surface area contributed by atoms with Gasteiger partial charge in [0.1, 0.15) is 24.0 Å². The van der Waals surface area contributed by atoms with Crippen LogP contribution in [0.5, 0.6) is 5.75 Å². The van der Waals surface area contributed by atoms with Gasteiger partial charge in [-0.25, -0.2) is 8.78 Å². The summed E-state index contributed by atoms with van der Waals surface area (Å²) in [5, 5.41) is 9.58. The summed E-state index contributed by atoms with van der Waals surface area (Å²) in [6, 6.07) is 8.24. The molecule has 1 N–H and O–H groups in total. The van der Waals surface area contributed by atoms with E-state index in [2.05, 4.69) is 0 Å². The minimum absolute atomic E-state index is 0.0141. The molecule has 0 unspecified atom stereocenters. The first kappa shape index (κ1) is 14.8. The van der Waals surface area contributed by atoms with Crippen LogP contribution in [0.4, 0.5) is 8.78 Å². The predicted octanol–water partition coefficient (Wildman–Crippen LogP) is 4.25. The summed E-state index contributed by atoms with van der Waals surface area (Å²) in [6.07, 6.45) is -0.798. The van der Waals surface area contributed by atoms with E-state index in [-0.39, 0.29) is 17.4 Å². The molecule has 5 heteroatoms. The molecule has 0 aliphatic rings. The van der Waals surface area contributed by atoms with Gasteiger partial charge < -0.3 is 9.84 Å². The van der Waals surface area contributed by atoms with Gasteiger partial charge in [-0.1, -0.05) is 23.7 Å². The van der Waals surface area contributed by atoms with E-state index in [1.165, 1.54) is 30.3 Å². The number of aliphatic hydroxyl groups excluding tert-OH is 1. The maximum atomic E-state index is 13.3. The second kappa shape index (κ2) is 6.20. The molecule has 0 fully saturated rings. The van der Waals surface area contributed by atoms with E-state index >= 15 is 0 Å². The van der Waals surface area contributed by atoms with Gasteiger partial charge in [-0.3, -0.25) is 0 Å². The van der Waals surface area contributed by atoms with Crippen molar-refractivity contribution in [3.05, 3.63) is 64.2 Å². The van der Waals surface area contributed by atoms with E-state index < -0.39 is 17.7 Å². The third kappa shape index (κ3) is 3.26. The average Bonchev–Trinajstić information content (AvgIpc) is 2.40. The molecule has 1 atom stereocenters. The molecule has 0 aliphatic heterocycles. The van der Waals surface area contributed by atoms with Crippen LogP contribution in [-0.2, 0) is 6.61 Å². The van der Waals surface area contributed by atoms with Crippen LogP contribution < -0.4 is 4.74 Å². The predicted molar refractivity (Wildman–Crippen MR) is 72.8 cm³/mol. The molecule has 2 nitrogen and oxygen atoms in total. The van der Waals surface area contributed by atoms with Gasteiger partial charge in [0.05, 0.1) is 11.1 Å². The lowest BCUT2D eigenvalue weighted by Crippen LogP contribution is -2.02. The van der Waals surface area contributed by atoms with Gasteiger partial charge in [0.15, 0.2) is 0 Å². The Morgan fingerprint density at radius 1 is 1.25 bits per heavy atom. The van der Waals surface area contributed by atoms with Crippen molar-refractivity contribution in [1.29, 1.82) is 0 Å². The highest BCUT2D eigenvalue weighted by Crippen LogP contribution is 2.28. The van der Waals surface area contributed by atoms with E-state index in [4.69, 9.17) is 16.3 Å². The molecule has 0 aliphatic carbocycles. The Balaban J connectivity index is 2.22. The van der Waals surface area contributed by atoms with Gasteiger partial charge in [-0.05, 0) is 25.1 Å². The first-order chi connectivity index (χ1) is 9.49. The lowest BCUT2D eigenvalue weighted by molar-refractivity contribution is 0.190. The number of aliphatic hydroxyl groups is 1. The van der Waals surface area contributed by atoms with Crippen LogP contribution in [-0.4, -0.2) is 5.11 Å². The third-order valence-electron chi connectivity index (χ3n) is 2.84. The summed E-state index contributed by atoms with van der Waals surface area (Å²) in [5.41, 5.74) is 0.909. The Hall–Kier alpha value is -1.65. The van der Waals surface area contributed by atoms with Gasteiger partial charge in [0.25, 0.3) is 0 Å². The second-order valence-corrected chi connectivity index (χ2v) is 4.74. The SMILES string of the molecule is C[C@@H](O)c1ccc(F)cc1OCc1cccc(F)c1Cl. The molecule has 0 saturated carbocycles. The first-order valence-electron chi connectivity index (χ1n) is 6.02. The average molecular weight is 299 g/mol.